The van der Waals surface area contributed by atoms with Gasteiger partial charge in [-0.3, -0.25) is 0 Å². The Kier molecular flexibility index (Phi) is 5.37. The number of hydrogen-bond donors (Lipinski definition) is 1. The Morgan fingerprint density at radius 1 is 0.862 bits per heavy atom. The summed E-state index contributed by atoms with van der Waals surface area (Å²) in [5.74, 6) is 0.998. The third kappa shape index (κ3) is 3.90. The molecule has 3 nitrogen and oxygen atoms in total. The molecule has 0 amide bonds. The van der Waals surface area contributed by atoms with E-state index in [9.17, 15) is 0 Å². The number of piperazine rings is 1. The number of anilines is 1. The molecule has 0 bridgehead atoms. The Balaban J connectivity index is 1.77. The van der Waals surface area contributed by atoms with E-state index in [0.717, 1.165) is 31.9 Å². The summed E-state index contributed by atoms with van der Waals surface area (Å²) >= 11 is 0. The van der Waals surface area contributed by atoms with Crippen LogP contribution in [0.25, 0.3) is 11.1 Å². The summed E-state index contributed by atoms with van der Waals surface area (Å²) in [7, 11) is 0. The van der Waals surface area contributed by atoms with Crippen LogP contribution in [0.2, 0.25) is 0 Å². The van der Waals surface area contributed by atoms with Crippen LogP contribution < -0.4 is 15.0 Å². The van der Waals surface area contributed by atoms with Gasteiger partial charge in [0.05, 0.1) is 12.3 Å². The van der Waals surface area contributed by atoms with E-state index >= 15 is 0 Å². The van der Waals surface area contributed by atoms with Crippen LogP contribution in [0.1, 0.15) is 58.6 Å². The van der Waals surface area contributed by atoms with E-state index in [-0.39, 0.29) is 10.8 Å². The molecule has 0 atom stereocenters. The molecule has 0 saturated carbocycles. The lowest BCUT2D eigenvalue weighted by Crippen LogP contribution is -2.43. The molecular weight excluding hydrogens is 356 g/mol. The van der Waals surface area contributed by atoms with Gasteiger partial charge >= 0.3 is 0 Å². The molecule has 2 aromatic carbocycles. The van der Waals surface area contributed by atoms with E-state index in [2.05, 4.69) is 81.2 Å². The topological polar surface area (TPSA) is 24.5 Å². The van der Waals surface area contributed by atoms with Crippen LogP contribution in [0, 0.1) is 0 Å². The Labute approximate surface area is 176 Å². The largest absolute Gasteiger partial charge is 0.492 e. The molecule has 0 unspecified atom stereocenters. The molecule has 29 heavy (non-hydrogen) atoms. The first-order chi connectivity index (χ1) is 13.8. The monoisotopic (exact) mass is 392 g/mol. The average molecular weight is 393 g/mol. The summed E-state index contributed by atoms with van der Waals surface area (Å²) in [6.45, 7) is 16.4. The molecule has 1 aliphatic heterocycles. The lowest BCUT2D eigenvalue weighted by atomic mass is 9.63. The van der Waals surface area contributed by atoms with Crippen molar-refractivity contribution in [3.63, 3.8) is 0 Å². The molecule has 2 aromatic rings. The zero-order valence-corrected chi connectivity index (χ0v) is 18.8. The van der Waals surface area contributed by atoms with Crippen molar-refractivity contribution < 1.29 is 4.74 Å². The molecule has 4 rings (SSSR count). The molecule has 1 heterocycles. The third-order valence-corrected chi connectivity index (χ3v) is 6.90. The smallest absolute Gasteiger partial charge is 0.142 e. The first kappa shape index (κ1) is 20.3. The van der Waals surface area contributed by atoms with Crippen LogP contribution in [0.4, 0.5) is 5.69 Å². The Morgan fingerprint density at radius 3 is 2.17 bits per heavy atom. The number of nitrogens with zero attached hydrogens (tertiary/aromatic N) is 1. The summed E-state index contributed by atoms with van der Waals surface area (Å²) in [5.41, 5.74) is 7.34. The number of fused-ring (bicyclic) bond motifs is 1. The number of ether oxygens (including phenoxy) is 1. The maximum Gasteiger partial charge on any atom is 0.142 e. The molecule has 2 aliphatic rings. The lowest BCUT2D eigenvalue weighted by Gasteiger charge is -2.42. The average Bonchev–Trinajstić information content (AvgIpc) is 2.72. The first-order valence-corrected chi connectivity index (χ1v) is 11.2. The van der Waals surface area contributed by atoms with Crippen molar-refractivity contribution in [2.24, 2.45) is 0 Å². The van der Waals surface area contributed by atoms with Crippen molar-refractivity contribution >= 4 is 5.69 Å². The van der Waals surface area contributed by atoms with Crippen LogP contribution in [0.3, 0.4) is 0 Å². The molecular formula is C26H36N2O. The lowest BCUT2D eigenvalue weighted by molar-refractivity contribution is 0.332. The minimum absolute atomic E-state index is 0.230. The van der Waals surface area contributed by atoms with E-state index in [1.54, 1.807) is 0 Å². The summed E-state index contributed by atoms with van der Waals surface area (Å²) < 4.78 is 5.97. The fourth-order valence-electron chi connectivity index (χ4n) is 4.90. The molecule has 1 N–H and O–H groups in total. The van der Waals surface area contributed by atoms with Crippen LogP contribution >= 0.6 is 0 Å². The van der Waals surface area contributed by atoms with Crippen molar-refractivity contribution in [3.05, 3.63) is 47.5 Å². The summed E-state index contributed by atoms with van der Waals surface area (Å²) in [6.07, 6.45) is 2.49. The Hall–Kier alpha value is -2.00. The van der Waals surface area contributed by atoms with Gasteiger partial charge in [-0.1, -0.05) is 52.0 Å². The summed E-state index contributed by atoms with van der Waals surface area (Å²) in [6, 6.07) is 13.9. The normalized spacial score (nSPS) is 20.2. The molecule has 0 aromatic heterocycles. The molecule has 1 fully saturated rings. The molecule has 3 heteroatoms. The van der Waals surface area contributed by atoms with Gasteiger partial charge in [0.2, 0.25) is 0 Å². The predicted molar refractivity (Wildman–Crippen MR) is 123 cm³/mol. The quantitative estimate of drug-likeness (QED) is 0.742. The van der Waals surface area contributed by atoms with Crippen molar-refractivity contribution in [2.75, 3.05) is 37.7 Å². The Morgan fingerprint density at radius 2 is 1.48 bits per heavy atom. The zero-order chi connectivity index (χ0) is 20.6. The van der Waals surface area contributed by atoms with E-state index in [4.69, 9.17) is 4.74 Å². The molecule has 0 spiro atoms. The van der Waals surface area contributed by atoms with Gasteiger partial charge in [-0.15, -0.1) is 0 Å². The molecule has 0 radical (unpaired) electrons. The van der Waals surface area contributed by atoms with Crippen LogP contribution in [0.5, 0.6) is 5.75 Å². The number of nitrogens with one attached hydrogen (secondary N) is 1. The van der Waals surface area contributed by atoms with Gasteiger partial charge in [0.15, 0.2) is 0 Å². The summed E-state index contributed by atoms with van der Waals surface area (Å²) in [5, 5.41) is 3.45. The second-order valence-electron chi connectivity index (χ2n) is 9.88. The summed E-state index contributed by atoms with van der Waals surface area (Å²) in [4.78, 5) is 2.45. The predicted octanol–water partition coefficient (Wildman–Crippen LogP) is 5.51. The fourth-order valence-corrected chi connectivity index (χ4v) is 4.90. The number of rotatable bonds is 4. The molecule has 156 valence electrons. The van der Waals surface area contributed by atoms with Crippen LogP contribution in [-0.4, -0.2) is 32.8 Å². The SMILES string of the molecule is CCOc1ccc(-c2ccc3c(c2)C(C)(C)CCC3(C)C)cc1N1CCNCC1. The van der Waals surface area contributed by atoms with Crippen molar-refractivity contribution in [1.29, 1.82) is 0 Å². The second kappa shape index (κ2) is 7.68. The van der Waals surface area contributed by atoms with Crippen LogP contribution in [-0.2, 0) is 10.8 Å². The minimum Gasteiger partial charge on any atom is -0.492 e. The maximum atomic E-state index is 5.97. The number of benzene rings is 2. The Bertz CT molecular complexity index is 878. The van der Waals surface area contributed by atoms with Crippen molar-refractivity contribution in [1.82, 2.24) is 5.32 Å². The van der Waals surface area contributed by atoms with E-state index < -0.39 is 0 Å². The van der Waals surface area contributed by atoms with Crippen LogP contribution in [0.15, 0.2) is 36.4 Å². The van der Waals surface area contributed by atoms with Gasteiger partial charge in [0.1, 0.15) is 5.75 Å². The molecule has 1 aliphatic carbocycles. The standard InChI is InChI=1S/C26H36N2O/c1-6-29-24-10-8-20(18-23(24)28-15-13-27-14-16-28)19-7-9-21-22(17-19)26(4,5)12-11-25(21,2)3/h7-10,17-18,27H,6,11-16H2,1-5H3. The highest BCUT2D eigenvalue weighted by Crippen LogP contribution is 2.47. The highest BCUT2D eigenvalue weighted by Gasteiger charge is 2.37. The highest BCUT2D eigenvalue weighted by atomic mass is 16.5. The number of hydrogen-bond acceptors (Lipinski definition) is 3. The van der Waals surface area contributed by atoms with Crippen molar-refractivity contribution in [2.45, 2.75) is 58.3 Å². The van der Waals surface area contributed by atoms with Gasteiger partial charge in [-0.2, -0.15) is 0 Å². The first-order valence-electron chi connectivity index (χ1n) is 11.2. The van der Waals surface area contributed by atoms with Gasteiger partial charge in [-0.05, 0) is 65.0 Å². The van der Waals surface area contributed by atoms with E-state index in [1.165, 1.54) is 40.8 Å². The van der Waals surface area contributed by atoms with Gasteiger partial charge < -0.3 is 15.0 Å². The highest BCUT2D eigenvalue weighted by molar-refractivity contribution is 5.74. The van der Waals surface area contributed by atoms with Gasteiger partial charge in [0, 0.05) is 26.2 Å². The third-order valence-electron chi connectivity index (χ3n) is 6.90. The van der Waals surface area contributed by atoms with Gasteiger partial charge in [0.25, 0.3) is 0 Å². The van der Waals surface area contributed by atoms with Crippen molar-refractivity contribution in [3.8, 4) is 16.9 Å². The fraction of sp³-hybridized carbons (Fsp3) is 0.538. The zero-order valence-electron chi connectivity index (χ0n) is 18.8. The van der Waals surface area contributed by atoms with Gasteiger partial charge in [-0.25, -0.2) is 0 Å². The second-order valence-corrected chi connectivity index (χ2v) is 9.88. The maximum absolute atomic E-state index is 5.97. The molecule has 1 saturated heterocycles. The minimum atomic E-state index is 0.230. The van der Waals surface area contributed by atoms with E-state index in [1.807, 2.05) is 0 Å². The van der Waals surface area contributed by atoms with E-state index in [0.29, 0.717) is 6.61 Å².